The summed E-state index contributed by atoms with van der Waals surface area (Å²) in [5.41, 5.74) is 4.20. The molecule has 0 aromatic heterocycles. The number of amides is 1. The predicted octanol–water partition coefficient (Wildman–Crippen LogP) is 2.49. The molecule has 0 radical (unpaired) electrons. The second-order valence-electron chi connectivity index (χ2n) is 5.01. The molecule has 0 unspecified atom stereocenters. The summed E-state index contributed by atoms with van der Waals surface area (Å²) >= 11 is 0. The molecule has 0 aliphatic heterocycles. The number of carbonyl (C=O) groups is 1. The van der Waals surface area contributed by atoms with Gasteiger partial charge in [-0.25, -0.2) is 5.43 Å². The minimum Gasteiger partial charge on any atom is -0.504 e. The summed E-state index contributed by atoms with van der Waals surface area (Å²) < 4.78 is 10.3. The Morgan fingerprint density at radius 3 is 2.62 bits per heavy atom. The average Bonchev–Trinajstić information content (AvgIpc) is 2.60. The quantitative estimate of drug-likeness (QED) is 0.604. The van der Waals surface area contributed by atoms with E-state index in [0.29, 0.717) is 17.1 Å². The van der Waals surface area contributed by atoms with Crippen LogP contribution >= 0.6 is 0 Å². The molecule has 24 heavy (non-hydrogen) atoms. The van der Waals surface area contributed by atoms with Crippen molar-refractivity contribution in [1.29, 1.82) is 0 Å². The van der Waals surface area contributed by atoms with Crippen molar-refractivity contribution < 1.29 is 19.4 Å². The number of ether oxygens (including phenoxy) is 2. The van der Waals surface area contributed by atoms with Crippen molar-refractivity contribution in [2.75, 3.05) is 13.7 Å². The summed E-state index contributed by atoms with van der Waals surface area (Å²) in [7, 11) is 1.47. The lowest BCUT2D eigenvalue weighted by Crippen LogP contribution is -2.24. The Balaban J connectivity index is 1.80. The van der Waals surface area contributed by atoms with E-state index in [9.17, 15) is 9.90 Å². The van der Waals surface area contributed by atoms with Gasteiger partial charge in [-0.05, 0) is 47.9 Å². The monoisotopic (exact) mass is 328 g/mol. The van der Waals surface area contributed by atoms with Crippen LogP contribution in [0.15, 0.2) is 47.6 Å². The maximum Gasteiger partial charge on any atom is 0.277 e. The summed E-state index contributed by atoms with van der Waals surface area (Å²) in [6.45, 7) is 1.94. The number of nitrogens with one attached hydrogen (secondary N) is 1. The fraction of sp³-hybridized carbons (Fsp3) is 0.222. The van der Waals surface area contributed by atoms with Gasteiger partial charge in [-0.2, -0.15) is 5.10 Å². The van der Waals surface area contributed by atoms with Crippen molar-refractivity contribution in [2.24, 2.45) is 5.10 Å². The third kappa shape index (κ3) is 5.01. The lowest BCUT2D eigenvalue weighted by atomic mass is 10.2. The highest BCUT2D eigenvalue weighted by Gasteiger charge is 2.03. The lowest BCUT2D eigenvalue weighted by molar-refractivity contribution is -0.123. The Morgan fingerprint density at radius 2 is 2.00 bits per heavy atom. The van der Waals surface area contributed by atoms with Crippen LogP contribution in [0.2, 0.25) is 0 Å². The molecule has 0 aliphatic carbocycles. The first kappa shape index (κ1) is 17.3. The van der Waals surface area contributed by atoms with Gasteiger partial charge in [0.25, 0.3) is 5.91 Å². The normalized spacial score (nSPS) is 10.6. The molecule has 2 rings (SSSR count). The number of nitrogens with zero attached hydrogens (tertiary/aromatic N) is 1. The van der Waals surface area contributed by atoms with Gasteiger partial charge in [0.15, 0.2) is 18.1 Å². The fourth-order valence-electron chi connectivity index (χ4n) is 1.97. The van der Waals surface area contributed by atoms with Gasteiger partial charge in [0.1, 0.15) is 5.75 Å². The zero-order chi connectivity index (χ0) is 17.4. The van der Waals surface area contributed by atoms with Crippen molar-refractivity contribution in [3.63, 3.8) is 0 Å². The molecular weight excluding hydrogens is 308 g/mol. The Bertz CT molecular complexity index is 711. The number of benzene rings is 2. The standard InChI is InChI=1S/C18H20N2O4/c1-3-13-4-7-15(8-5-13)24-12-18(22)20-19-11-14-6-9-17(23-2)16(21)10-14/h4-11,21H,3,12H2,1-2H3,(H,20,22)/b19-11+. The highest BCUT2D eigenvalue weighted by atomic mass is 16.5. The average molecular weight is 328 g/mol. The summed E-state index contributed by atoms with van der Waals surface area (Å²) in [5, 5.41) is 13.5. The molecule has 0 heterocycles. The highest BCUT2D eigenvalue weighted by Crippen LogP contribution is 2.25. The first-order valence-corrected chi connectivity index (χ1v) is 7.53. The van der Waals surface area contributed by atoms with Gasteiger partial charge in [0.2, 0.25) is 0 Å². The van der Waals surface area contributed by atoms with Crippen LogP contribution in [0.1, 0.15) is 18.1 Å². The smallest absolute Gasteiger partial charge is 0.277 e. The number of phenols is 1. The number of aromatic hydroxyl groups is 1. The van der Waals surface area contributed by atoms with Crippen LogP contribution in [0.3, 0.4) is 0 Å². The molecule has 6 nitrogen and oxygen atoms in total. The molecule has 0 aliphatic rings. The van der Waals surface area contributed by atoms with E-state index in [4.69, 9.17) is 9.47 Å². The van der Waals surface area contributed by atoms with E-state index in [2.05, 4.69) is 17.5 Å². The number of hydrazone groups is 1. The maximum absolute atomic E-state index is 11.7. The zero-order valence-corrected chi connectivity index (χ0v) is 13.7. The second kappa shape index (κ2) is 8.57. The van der Waals surface area contributed by atoms with E-state index < -0.39 is 0 Å². The van der Waals surface area contributed by atoms with Crippen LogP contribution in [-0.4, -0.2) is 30.9 Å². The third-order valence-electron chi connectivity index (χ3n) is 3.31. The van der Waals surface area contributed by atoms with Gasteiger partial charge >= 0.3 is 0 Å². The summed E-state index contributed by atoms with van der Waals surface area (Å²) in [5.74, 6) is 0.639. The van der Waals surface area contributed by atoms with Crippen LogP contribution in [0.25, 0.3) is 0 Å². The van der Waals surface area contributed by atoms with E-state index in [-0.39, 0.29) is 18.3 Å². The molecular formula is C18H20N2O4. The Morgan fingerprint density at radius 1 is 1.25 bits per heavy atom. The Hall–Kier alpha value is -3.02. The molecule has 2 N–H and O–H groups in total. The van der Waals surface area contributed by atoms with E-state index in [1.165, 1.54) is 25.0 Å². The van der Waals surface area contributed by atoms with Gasteiger partial charge in [-0.15, -0.1) is 0 Å². The molecule has 1 amide bonds. The maximum atomic E-state index is 11.7. The first-order chi connectivity index (χ1) is 11.6. The predicted molar refractivity (Wildman–Crippen MR) is 91.7 cm³/mol. The van der Waals surface area contributed by atoms with Crippen LogP contribution in [0.4, 0.5) is 0 Å². The van der Waals surface area contributed by atoms with E-state index in [1.54, 1.807) is 12.1 Å². The van der Waals surface area contributed by atoms with Crippen molar-refractivity contribution in [3.05, 3.63) is 53.6 Å². The number of hydrogen-bond acceptors (Lipinski definition) is 5. The van der Waals surface area contributed by atoms with Crippen LogP contribution < -0.4 is 14.9 Å². The summed E-state index contributed by atoms with van der Waals surface area (Å²) in [6, 6.07) is 12.4. The van der Waals surface area contributed by atoms with Gasteiger partial charge in [0.05, 0.1) is 13.3 Å². The Labute approximate surface area is 140 Å². The van der Waals surface area contributed by atoms with Crippen LogP contribution in [0, 0.1) is 0 Å². The largest absolute Gasteiger partial charge is 0.504 e. The first-order valence-electron chi connectivity index (χ1n) is 7.53. The molecule has 0 fully saturated rings. The van der Waals surface area contributed by atoms with Crippen LogP contribution in [-0.2, 0) is 11.2 Å². The number of aryl methyl sites for hydroxylation is 1. The van der Waals surface area contributed by atoms with Crippen molar-refractivity contribution in [2.45, 2.75) is 13.3 Å². The molecule has 0 saturated carbocycles. The minimum atomic E-state index is -0.372. The highest BCUT2D eigenvalue weighted by molar-refractivity contribution is 5.83. The minimum absolute atomic E-state index is 0.00614. The number of phenolic OH excluding ortho intramolecular Hbond substituents is 1. The topological polar surface area (TPSA) is 80.2 Å². The molecule has 0 saturated heterocycles. The van der Waals surface area contributed by atoms with Gasteiger partial charge < -0.3 is 14.6 Å². The van der Waals surface area contributed by atoms with E-state index in [1.807, 2.05) is 24.3 Å². The molecule has 2 aromatic carbocycles. The fourth-order valence-corrected chi connectivity index (χ4v) is 1.97. The van der Waals surface area contributed by atoms with E-state index >= 15 is 0 Å². The molecule has 2 aromatic rings. The zero-order valence-electron chi connectivity index (χ0n) is 13.7. The van der Waals surface area contributed by atoms with Gasteiger partial charge in [0, 0.05) is 0 Å². The molecule has 126 valence electrons. The summed E-state index contributed by atoms with van der Waals surface area (Å²) in [4.78, 5) is 11.7. The van der Waals surface area contributed by atoms with E-state index in [0.717, 1.165) is 6.42 Å². The van der Waals surface area contributed by atoms with Crippen molar-refractivity contribution in [3.8, 4) is 17.2 Å². The lowest BCUT2D eigenvalue weighted by Gasteiger charge is -2.06. The number of hydrogen-bond donors (Lipinski definition) is 2. The molecule has 0 atom stereocenters. The van der Waals surface area contributed by atoms with Gasteiger partial charge in [-0.1, -0.05) is 19.1 Å². The third-order valence-corrected chi connectivity index (χ3v) is 3.31. The number of rotatable bonds is 7. The molecule has 6 heteroatoms. The Kier molecular flexibility index (Phi) is 6.19. The van der Waals surface area contributed by atoms with Crippen molar-refractivity contribution in [1.82, 2.24) is 5.43 Å². The van der Waals surface area contributed by atoms with Gasteiger partial charge in [-0.3, -0.25) is 4.79 Å². The second-order valence-corrected chi connectivity index (χ2v) is 5.01. The molecule has 0 bridgehead atoms. The SMILES string of the molecule is CCc1ccc(OCC(=O)N/N=C/c2ccc(OC)c(O)c2)cc1. The number of methoxy groups -OCH3 is 1. The number of carbonyl (C=O) groups excluding carboxylic acids is 1. The molecule has 0 spiro atoms. The van der Waals surface area contributed by atoms with Crippen LogP contribution in [0.5, 0.6) is 17.2 Å². The summed E-state index contributed by atoms with van der Waals surface area (Å²) in [6.07, 6.45) is 2.38. The van der Waals surface area contributed by atoms with Crippen molar-refractivity contribution >= 4 is 12.1 Å².